The lowest BCUT2D eigenvalue weighted by Gasteiger charge is -2.12. The summed E-state index contributed by atoms with van der Waals surface area (Å²) >= 11 is 0. The summed E-state index contributed by atoms with van der Waals surface area (Å²) in [5, 5.41) is 0. The number of benzene rings is 2. The zero-order valence-electron chi connectivity index (χ0n) is 14.6. The van der Waals surface area contributed by atoms with Gasteiger partial charge in [-0.2, -0.15) is 0 Å². The van der Waals surface area contributed by atoms with E-state index in [0.29, 0.717) is 0 Å². The third-order valence-corrected chi connectivity index (χ3v) is 3.39. The highest BCUT2D eigenvalue weighted by molar-refractivity contribution is 5.99. The molecule has 2 amide bonds. The maximum atomic E-state index is 12.9. The van der Waals surface area contributed by atoms with Crippen LogP contribution in [0.3, 0.4) is 0 Å². The fraction of sp³-hybridized carbons (Fsp3) is 0.167. The molecule has 0 aliphatic carbocycles. The molecule has 2 N–H and O–H groups in total. The minimum Gasteiger partial charge on any atom is -0.493 e. The molecule has 2 aromatic carbocycles. The zero-order chi connectivity index (χ0) is 19.8. The molecule has 2 rings (SSSR count). The molecule has 0 heterocycles. The molecule has 0 aliphatic rings. The van der Waals surface area contributed by atoms with Crippen LogP contribution in [0.1, 0.15) is 20.7 Å². The van der Waals surface area contributed by atoms with Gasteiger partial charge in [0, 0.05) is 11.1 Å². The Bertz CT molecular complexity index is 838. The van der Waals surface area contributed by atoms with E-state index in [-0.39, 0.29) is 29.2 Å². The first-order valence-electron chi connectivity index (χ1n) is 7.68. The van der Waals surface area contributed by atoms with E-state index in [4.69, 9.17) is 9.47 Å². The molecule has 0 aromatic heterocycles. The second-order valence-electron chi connectivity index (χ2n) is 5.15. The Morgan fingerprint density at radius 2 is 1.48 bits per heavy atom. The number of carbonyl (C=O) groups excluding carboxylic acids is 3. The molecule has 0 radical (unpaired) electrons. The first kappa shape index (κ1) is 19.7. The Morgan fingerprint density at radius 1 is 0.889 bits per heavy atom. The highest BCUT2D eigenvalue weighted by Crippen LogP contribution is 2.28. The number of hydrazine groups is 1. The van der Waals surface area contributed by atoms with Crippen molar-refractivity contribution in [3.63, 3.8) is 0 Å². The number of esters is 1. The Hall–Kier alpha value is -3.62. The Labute approximate surface area is 154 Å². The van der Waals surface area contributed by atoms with Crippen molar-refractivity contribution in [3.05, 3.63) is 59.4 Å². The largest absolute Gasteiger partial charge is 0.493 e. The normalized spacial score (nSPS) is 9.89. The van der Waals surface area contributed by atoms with Crippen molar-refractivity contribution >= 4 is 17.8 Å². The van der Waals surface area contributed by atoms with Crippen molar-refractivity contribution in [3.8, 4) is 11.5 Å². The summed E-state index contributed by atoms with van der Waals surface area (Å²) in [5.41, 5.74) is 4.82. The fourth-order valence-corrected chi connectivity index (χ4v) is 1.98. The molecule has 8 nitrogen and oxygen atoms in total. The molecule has 9 heteroatoms. The number of carbonyl (C=O) groups is 3. The van der Waals surface area contributed by atoms with Gasteiger partial charge in [0.15, 0.2) is 18.1 Å². The number of amides is 2. The zero-order valence-corrected chi connectivity index (χ0v) is 14.6. The summed E-state index contributed by atoms with van der Waals surface area (Å²) < 4.78 is 27.7. The minimum absolute atomic E-state index is 0.177. The van der Waals surface area contributed by atoms with E-state index in [9.17, 15) is 18.8 Å². The molecule has 0 unspecified atom stereocenters. The lowest BCUT2D eigenvalue weighted by molar-refractivity contribution is -0.142. The predicted molar refractivity (Wildman–Crippen MR) is 91.8 cm³/mol. The number of rotatable bonds is 6. The SMILES string of the molecule is COC(=O)COc1ccc(C(=O)NNC(=O)c2ccc(F)cc2)cc1OC. The van der Waals surface area contributed by atoms with Gasteiger partial charge in [-0.05, 0) is 42.5 Å². The van der Waals surface area contributed by atoms with Crippen LogP contribution in [0.5, 0.6) is 11.5 Å². The van der Waals surface area contributed by atoms with Gasteiger partial charge in [-0.15, -0.1) is 0 Å². The van der Waals surface area contributed by atoms with Gasteiger partial charge in [-0.1, -0.05) is 0 Å². The molecular weight excluding hydrogens is 359 g/mol. The molecular formula is C18H17FN2O6. The second kappa shape index (κ2) is 9.18. The van der Waals surface area contributed by atoms with Crippen LogP contribution in [-0.4, -0.2) is 38.6 Å². The van der Waals surface area contributed by atoms with Crippen LogP contribution < -0.4 is 20.3 Å². The van der Waals surface area contributed by atoms with E-state index in [0.717, 1.165) is 12.1 Å². The smallest absolute Gasteiger partial charge is 0.343 e. The van der Waals surface area contributed by atoms with Crippen molar-refractivity contribution in [1.82, 2.24) is 10.9 Å². The van der Waals surface area contributed by atoms with E-state index in [1.165, 1.54) is 44.6 Å². The summed E-state index contributed by atoms with van der Waals surface area (Å²) in [4.78, 5) is 35.2. The predicted octanol–water partition coefficient (Wildman–Crippen LogP) is 1.46. The van der Waals surface area contributed by atoms with Gasteiger partial charge in [0.1, 0.15) is 5.82 Å². The Morgan fingerprint density at radius 3 is 2.07 bits per heavy atom. The van der Waals surface area contributed by atoms with Crippen LogP contribution in [-0.2, 0) is 9.53 Å². The van der Waals surface area contributed by atoms with Gasteiger partial charge in [-0.25, -0.2) is 9.18 Å². The quantitative estimate of drug-likeness (QED) is 0.585. The molecule has 0 spiro atoms. The molecule has 0 fully saturated rings. The molecule has 0 bridgehead atoms. The van der Waals surface area contributed by atoms with Gasteiger partial charge in [-0.3, -0.25) is 20.4 Å². The first-order valence-corrected chi connectivity index (χ1v) is 7.68. The number of halogens is 1. The highest BCUT2D eigenvalue weighted by atomic mass is 19.1. The maximum Gasteiger partial charge on any atom is 0.343 e. The number of hydrogen-bond donors (Lipinski definition) is 2. The van der Waals surface area contributed by atoms with Crippen molar-refractivity contribution < 1.29 is 33.0 Å². The van der Waals surface area contributed by atoms with Gasteiger partial charge in [0.25, 0.3) is 11.8 Å². The van der Waals surface area contributed by atoms with Crippen LogP contribution in [0.2, 0.25) is 0 Å². The number of ether oxygens (including phenoxy) is 3. The molecule has 27 heavy (non-hydrogen) atoms. The van der Waals surface area contributed by atoms with Crippen LogP contribution in [0.25, 0.3) is 0 Å². The van der Waals surface area contributed by atoms with E-state index in [1.54, 1.807) is 0 Å². The molecule has 2 aromatic rings. The highest BCUT2D eigenvalue weighted by Gasteiger charge is 2.14. The number of nitrogens with one attached hydrogen (secondary N) is 2. The summed E-state index contributed by atoms with van der Waals surface area (Å²) in [5.74, 6) is -1.79. The van der Waals surface area contributed by atoms with E-state index >= 15 is 0 Å². The van der Waals surface area contributed by atoms with Gasteiger partial charge < -0.3 is 14.2 Å². The van der Waals surface area contributed by atoms with Crippen molar-refractivity contribution in [1.29, 1.82) is 0 Å². The lowest BCUT2D eigenvalue weighted by Crippen LogP contribution is -2.41. The summed E-state index contributed by atoms with van der Waals surface area (Å²) in [6.07, 6.45) is 0. The van der Waals surface area contributed by atoms with Gasteiger partial charge in [0.05, 0.1) is 14.2 Å². The Kier molecular flexibility index (Phi) is 6.70. The topological polar surface area (TPSA) is 103 Å². The average Bonchev–Trinajstić information content (AvgIpc) is 2.70. The monoisotopic (exact) mass is 376 g/mol. The van der Waals surface area contributed by atoms with Crippen molar-refractivity contribution in [2.75, 3.05) is 20.8 Å². The van der Waals surface area contributed by atoms with E-state index in [1.807, 2.05) is 0 Å². The van der Waals surface area contributed by atoms with Crippen LogP contribution >= 0.6 is 0 Å². The summed E-state index contributed by atoms with van der Waals surface area (Å²) in [6, 6.07) is 9.09. The lowest BCUT2D eigenvalue weighted by atomic mass is 10.2. The second-order valence-corrected chi connectivity index (χ2v) is 5.15. The van der Waals surface area contributed by atoms with Crippen molar-refractivity contribution in [2.24, 2.45) is 0 Å². The maximum absolute atomic E-state index is 12.9. The molecule has 0 aliphatic heterocycles. The van der Waals surface area contributed by atoms with E-state index < -0.39 is 23.6 Å². The average molecular weight is 376 g/mol. The van der Waals surface area contributed by atoms with Crippen LogP contribution in [0, 0.1) is 5.82 Å². The molecule has 0 saturated heterocycles. The molecule has 0 atom stereocenters. The number of hydrogen-bond acceptors (Lipinski definition) is 6. The fourth-order valence-electron chi connectivity index (χ4n) is 1.98. The third kappa shape index (κ3) is 5.43. The van der Waals surface area contributed by atoms with Crippen LogP contribution in [0.15, 0.2) is 42.5 Å². The molecule has 142 valence electrons. The standard InChI is InChI=1S/C18H17FN2O6/c1-25-15-9-12(5-8-14(15)27-10-16(22)26-2)18(24)21-20-17(23)11-3-6-13(19)7-4-11/h3-9H,10H2,1-2H3,(H,20,23)(H,21,24). The Balaban J connectivity index is 2.00. The van der Waals surface area contributed by atoms with Crippen LogP contribution in [0.4, 0.5) is 4.39 Å². The van der Waals surface area contributed by atoms with Gasteiger partial charge >= 0.3 is 5.97 Å². The molecule has 0 saturated carbocycles. The van der Waals surface area contributed by atoms with E-state index in [2.05, 4.69) is 15.6 Å². The summed E-state index contributed by atoms with van der Waals surface area (Å²) in [7, 11) is 2.61. The third-order valence-electron chi connectivity index (χ3n) is 3.39. The first-order chi connectivity index (χ1) is 12.9. The number of methoxy groups -OCH3 is 2. The van der Waals surface area contributed by atoms with Crippen molar-refractivity contribution in [2.45, 2.75) is 0 Å². The van der Waals surface area contributed by atoms with Gasteiger partial charge in [0.2, 0.25) is 0 Å². The minimum atomic E-state index is -0.608. The summed E-state index contributed by atoms with van der Waals surface area (Å²) in [6.45, 7) is -0.313.